The molecule has 0 aromatic heterocycles. The topological polar surface area (TPSA) is 17.1 Å². The smallest absolute Gasteiger partial charge is 0.252 e. The predicted octanol–water partition coefficient (Wildman–Crippen LogP) is 3.19. The van der Waals surface area contributed by atoms with Gasteiger partial charge in [-0.05, 0) is 29.1 Å². The van der Waals surface area contributed by atoms with E-state index >= 15 is 0 Å². The number of halogens is 1. The fourth-order valence-corrected chi connectivity index (χ4v) is 1.14. The Labute approximate surface area is 77.4 Å². The molecule has 0 saturated heterocycles. The number of hydrogen-bond acceptors (Lipinski definition) is 1. The fourth-order valence-electron chi connectivity index (χ4n) is 1.02. The van der Waals surface area contributed by atoms with Gasteiger partial charge in [0, 0.05) is 5.56 Å². The molecule has 1 aromatic carbocycles. The van der Waals surface area contributed by atoms with Crippen molar-refractivity contribution < 1.29 is 4.79 Å². The van der Waals surface area contributed by atoms with E-state index in [-0.39, 0.29) is 0 Å². The third-order valence-corrected chi connectivity index (χ3v) is 2.00. The van der Waals surface area contributed by atoms with Crippen molar-refractivity contribution in [2.24, 2.45) is 0 Å². The van der Waals surface area contributed by atoms with Crippen LogP contribution in [0.2, 0.25) is 0 Å². The van der Waals surface area contributed by atoms with E-state index in [0.29, 0.717) is 11.5 Å². The van der Waals surface area contributed by atoms with Gasteiger partial charge in [0.05, 0.1) is 0 Å². The van der Waals surface area contributed by atoms with Crippen molar-refractivity contribution in [2.45, 2.75) is 19.8 Å². The standard InChI is InChI=1S/C10H11ClO/c1-7(2)8-4-3-5-9(6-8)10(11)12/h3-7H,1-2H3. The molecule has 0 unspecified atom stereocenters. The number of carbonyl (C=O) groups excluding carboxylic acids is 1. The molecule has 0 N–H and O–H groups in total. The zero-order chi connectivity index (χ0) is 9.14. The molecule has 2 heteroatoms. The quantitative estimate of drug-likeness (QED) is 0.642. The largest absolute Gasteiger partial charge is 0.276 e. The van der Waals surface area contributed by atoms with Gasteiger partial charge in [0.1, 0.15) is 0 Å². The number of benzene rings is 1. The van der Waals surface area contributed by atoms with Crippen LogP contribution in [-0.2, 0) is 0 Å². The zero-order valence-electron chi connectivity index (χ0n) is 7.17. The van der Waals surface area contributed by atoms with Crippen LogP contribution in [0.25, 0.3) is 0 Å². The first kappa shape index (κ1) is 9.27. The number of carbonyl (C=O) groups is 1. The van der Waals surface area contributed by atoms with Gasteiger partial charge in [0.2, 0.25) is 0 Å². The Hall–Kier alpha value is -0.820. The number of rotatable bonds is 2. The van der Waals surface area contributed by atoms with E-state index in [4.69, 9.17) is 11.6 Å². The molecule has 0 radical (unpaired) electrons. The first-order valence-electron chi connectivity index (χ1n) is 3.91. The highest BCUT2D eigenvalue weighted by atomic mass is 35.5. The summed E-state index contributed by atoms with van der Waals surface area (Å²) in [5.41, 5.74) is 1.71. The van der Waals surface area contributed by atoms with Crippen LogP contribution in [0.5, 0.6) is 0 Å². The Kier molecular flexibility index (Phi) is 2.88. The molecular weight excluding hydrogens is 172 g/mol. The highest BCUT2D eigenvalue weighted by Gasteiger charge is 2.03. The second-order valence-corrected chi connectivity index (χ2v) is 3.40. The SMILES string of the molecule is CC(C)c1cccc(C(=O)Cl)c1. The summed E-state index contributed by atoms with van der Waals surface area (Å²) in [6, 6.07) is 7.40. The van der Waals surface area contributed by atoms with Crippen molar-refractivity contribution in [3.63, 3.8) is 0 Å². The van der Waals surface area contributed by atoms with Crippen molar-refractivity contribution in [1.82, 2.24) is 0 Å². The Morgan fingerprint density at radius 2 is 2.08 bits per heavy atom. The molecule has 1 aromatic rings. The molecule has 0 aliphatic rings. The minimum absolute atomic E-state index is 0.391. The highest BCUT2D eigenvalue weighted by Crippen LogP contribution is 2.16. The van der Waals surface area contributed by atoms with Crippen molar-refractivity contribution in [3.05, 3.63) is 35.4 Å². The maximum atomic E-state index is 10.8. The summed E-state index contributed by atoms with van der Waals surface area (Å²) in [5.74, 6) is 0.431. The number of hydrogen-bond donors (Lipinski definition) is 0. The van der Waals surface area contributed by atoms with Gasteiger partial charge in [0.15, 0.2) is 0 Å². The molecule has 64 valence electrons. The maximum Gasteiger partial charge on any atom is 0.252 e. The van der Waals surface area contributed by atoms with Gasteiger partial charge < -0.3 is 0 Å². The van der Waals surface area contributed by atoms with Crippen LogP contribution in [0, 0.1) is 0 Å². The summed E-state index contributed by atoms with van der Waals surface area (Å²) in [7, 11) is 0. The molecule has 0 saturated carbocycles. The van der Waals surface area contributed by atoms with E-state index in [2.05, 4.69) is 13.8 Å². The van der Waals surface area contributed by atoms with Gasteiger partial charge in [-0.1, -0.05) is 32.0 Å². The second kappa shape index (κ2) is 3.72. The molecule has 0 amide bonds. The summed E-state index contributed by atoms with van der Waals surface area (Å²) >= 11 is 5.34. The Morgan fingerprint density at radius 1 is 1.42 bits per heavy atom. The molecule has 0 aliphatic carbocycles. The monoisotopic (exact) mass is 182 g/mol. The fraction of sp³-hybridized carbons (Fsp3) is 0.300. The van der Waals surface area contributed by atoms with E-state index in [1.807, 2.05) is 18.2 Å². The summed E-state index contributed by atoms with van der Waals surface area (Å²) < 4.78 is 0. The molecule has 0 bridgehead atoms. The van der Waals surface area contributed by atoms with Gasteiger partial charge in [-0.15, -0.1) is 0 Å². The second-order valence-electron chi connectivity index (χ2n) is 3.05. The van der Waals surface area contributed by atoms with Crippen molar-refractivity contribution in [3.8, 4) is 0 Å². The van der Waals surface area contributed by atoms with Crippen LogP contribution in [-0.4, -0.2) is 5.24 Å². The van der Waals surface area contributed by atoms with Gasteiger partial charge in [-0.2, -0.15) is 0 Å². The van der Waals surface area contributed by atoms with Gasteiger partial charge in [-0.3, -0.25) is 4.79 Å². The third kappa shape index (κ3) is 2.08. The normalized spacial score (nSPS) is 10.3. The zero-order valence-corrected chi connectivity index (χ0v) is 7.93. The summed E-state index contributed by atoms with van der Waals surface area (Å²) in [6.07, 6.45) is 0. The van der Waals surface area contributed by atoms with E-state index in [1.165, 1.54) is 0 Å². The molecule has 0 spiro atoms. The molecule has 1 rings (SSSR count). The summed E-state index contributed by atoms with van der Waals surface area (Å²) in [5, 5.41) is -0.391. The van der Waals surface area contributed by atoms with Crippen molar-refractivity contribution >= 4 is 16.8 Å². The molecule has 1 nitrogen and oxygen atoms in total. The minimum Gasteiger partial charge on any atom is -0.276 e. The van der Waals surface area contributed by atoms with Gasteiger partial charge >= 0.3 is 0 Å². The first-order chi connectivity index (χ1) is 5.61. The molecule has 12 heavy (non-hydrogen) atoms. The Morgan fingerprint density at radius 3 is 2.58 bits per heavy atom. The van der Waals surface area contributed by atoms with Gasteiger partial charge in [-0.25, -0.2) is 0 Å². The van der Waals surface area contributed by atoms with E-state index in [9.17, 15) is 4.79 Å². The van der Waals surface area contributed by atoms with Crippen LogP contribution in [0.15, 0.2) is 24.3 Å². The summed E-state index contributed by atoms with van der Waals surface area (Å²) in [4.78, 5) is 10.8. The third-order valence-electron chi connectivity index (χ3n) is 1.78. The van der Waals surface area contributed by atoms with Crippen LogP contribution >= 0.6 is 11.6 Å². The van der Waals surface area contributed by atoms with E-state index in [1.54, 1.807) is 6.07 Å². The first-order valence-corrected chi connectivity index (χ1v) is 4.29. The minimum atomic E-state index is -0.391. The van der Waals surface area contributed by atoms with Crippen LogP contribution < -0.4 is 0 Å². The lowest BCUT2D eigenvalue weighted by molar-refractivity contribution is 0.108. The van der Waals surface area contributed by atoms with E-state index < -0.39 is 5.24 Å². The molecule has 0 atom stereocenters. The molecule has 0 aliphatic heterocycles. The molecule has 0 heterocycles. The Balaban J connectivity index is 3.04. The summed E-state index contributed by atoms with van der Waals surface area (Å²) in [6.45, 7) is 4.16. The average molecular weight is 183 g/mol. The molecular formula is C10H11ClO. The predicted molar refractivity (Wildman–Crippen MR) is 50.7 cm³/mol. The lowest BCUT2D eigenvalue weighted by atomic mass is 10.0. The lowest BCUT2D eigenvalue weighted by Crippen LogP contribution is -1.92. The maximum absolute atomic E-state index is 10.8. The van der Waals surface area contributed by atoms with Crippen LogP contribution in [0.1, 0.15) is 35.7 Å². The van der Waals surface area contributed by atoms with Crippen molar-refractivity contribution in [2.75, 3.05) is 0 Å². The average Bonchev–Trinajstić information content (AvgIpc) is 2.04. The molecule has 0 fully saturated rings. The van der Waals surface area contributed by atoms with E-state index in [0.717, 1.165) is 5.56 Å². The van der Waals surface area contributed by atoms with Crippen molar-refractivity contribution in [1.29, 1.82) is 0 Å². The van der Waals surface area contributed by atoms with Gasteiger partial charge in [0.25, 0.3) is 5.24 Å². The van der Waals surface area contributed by atoms with Crippen LogP contribution in [0.3, 0.4) is 0 Å². The lowest BCUT2D eigenvalue weighted by Gasteiger charge is -2.04. The van der Waals surface area contributed by atoms with Crippen LogP contribution in [0.4, 0.5) is 0 Å². The highest BCUT2D eigenvalue weighted by molar-refractivity contribution is 6.67. The Bertz CT molecular complexity index is 292.